The number of anilines is 2. The molecule has 0 radical (unpaired) electrons. The van der Waals surface area contributed by atoms with Crippen LogP contribution in [0, 0.1) is 5.92 Å². The normalized spacial score (nSPS) is 28.5. The molecule has 2 atom stereocenters. The third-order valence-electron chi connectivity index (χ3n) is 5.15. The van der Waals surface area contributed by atoms with E-state index < -0.39 is 0 Å². The van der Waals surface area contributed by atoms with Gasteiger partial charge in [0.05, 0.1) is 11.7 Å². The van der Waals surface area contributed by atoms with Crippen LogP contribution in [-0.2, 0) is 0 Å². The maximum Gasteiger partial charge on any atom is 0.222 e. The van der Waals surface area contributed by atoms with E-state index >= 15 is 0 Å². The van der Waals surface area contributed by atoms with Gasteiger partial charge in [0.25, 0.3) is 0 Å². The molecule has 1 aliphatic carbocycles. The molecule has 2 aromatic rings. The molecule has 7 nitrogen and oxygen atoms in total. The monoisotopic (exact) mass is 339 g/mol. The van der Waals surface area contributed by atoms with Crippen LogP contribution in [0.2, 0.25) is 0 Å². The van der Waals surface area contributed by atoms with Gasteiger partial charge >= 0.3 is 0 Å². The van der Waals surface area contributed by atoms with Crippen molar-refractivity contribution in [1.82, 2.24) is 20.8 Å². The van der Waals surface area contributed by atoms with Crippen molar-refractivity contribution in [3.05, 3.63) is 47.7 Å². The predicted molar refractivity (Wildman–Crippen MR) is 98.7 cm³/mol. The standard InChI is InChI=1S/C18H25N7/c19-14-6-12(7-14)15-8-16(24-18(20)23-15)21-9-13-10-22-25-17(13)11-4-2-1-3-5-11/h1-5,8,12-14,17,22,25H,6-7,9-10,19H2,(H3,20,21,23,24). The summed E-state index contributed by atoms with van der Waals surface area (Å²) in [6.07, 6.45) is 1.95. The zero-order valence-electron chi connectivity index (χ0n) is 14.2. The number of benzene rings is 1. The van der Waals surface area contributed by atoms with Crippen LogP contribution in [0.3, 0.4) is 0 Å². The van der Waals surface area contributed by atoms with Crippen molar-refractivity contribution in [3.63, 3.8) is 0 Å². The summed E-state index contributed by atoms with van der Waals surface area (Å²) < 4.78 is 0. The molecule has 2 heterocycles. The van der Waals surface area contributed by atoms with Gasteiger partial charge in [-0.05, 0) is 18.4 Å². The average molecular weight is 339 g/mol. The highest BCUT2D eigenvalue weighted by Crippen LogP contribution is 2.35. The van der Waals surface area contributed by atoms with Gasteiger partial charge in [-0.2, -0.15) is 4.98 Å². The Hall–Kier alpha value is -2.22. The van der Waals surface area contributed by atoms with Crippen LogP contribution in [0.15, 0.2) is 36.4 Å². The molecule has 1 saturated heterocycles. The number of nitrogens with two attached hydrogens (primary N) is 2. The average Bonchev–Trinajstić information content (AvgIpc) is 3.06. The fraction of sp³-hybridized carbons (Fsp3) is 0.444. The van der Waals surface area contributed by atoms with E-state index in [4.69, 9.17) is 11.5 Å². The number of hydrogen-bond donors (Lipinski definition) is 5. The molecule has 2 aliphatic rings. The Balaban J connectivity index is 1.42. The molecule has 0 bridgehead atoms. The Kier molecular flexibility index (Phi) is 4.52. The third kappa shape index (κ3) is 3.58. The van der Waals surface area contributed by atoms with Crippen molar-refractivity contribution in [2.45, 2.75) is 30.8 Å². The molecule has 7 heteroatoms. The first-order chi connectivity index (χ1) is 12.2. The Labute approximate surface area is 147 Å². The van der Waals surface area contributed by atoms with Gasteiger partial charge in [0.15, 0.2) is 0 Å². The van der Waals surface area contributed by atoms with Crippen LogP contribution in [0.4, 0.5) is 11.8 Å². The molecule has 1 aromatic carbocycles. The largest absolute Gasteiger partial charge is 0.369 e. The van der Waals surface area contributed by atoms with Crippen molar-refractivity contribution in [3.8, 4) is 0 Å². The Morgan fingerprint density at radius 1 is 1.16 bits per heavy atom. The van der Waals surface area contributed by atoms with Crippen LogP contribution in [0.25, 0.3) is 0 Å². The molecular formula is C18H25N7. The maximum absolute atomic E-state index is 5.89. The number of rotatable bonds is 5. The minimum atomic E-state index is 0.275. The lowest BCUT2D eigenvalue weighted by Gasteiger charge is -2.32. The summed E-state index contributed by atoms with van der Waals surface area (Å²) in [6, 6.07) is 13.1. The first-order valence-corrected chi connectivity index (χ1v) is 8.86. The minimum absolute atomic E-state index is 0.275. The zero-order chi connectivity index (χ0) is 17.2. The van der Waals surface area contributed by atoms with E-state index in [1.165, 1.54) is 5.56 Å². The lowest BCUT2D eigenvalue weighted by Crippen LogP contribution is -2.35. The number of aromatic nitrogens is 2. The van der Waals surface area contributed by atoms with E-state index in [-0.39, 0.29) is 6.04 Å². The number of nitrogen functional groups attached to an aromatic ring is 1. The minimum Gasteiger partial charge on any atom is -0.369 e. The van der Waals surface area contributed by atoms with Crippen molar-refractivity contribution in [1.29, 1.82) is 0 Å². The maximum atomic E-state index is 5.89. The van der Waals surface area contributed by atoms with Crippen LogP contribution >= 0.6 is 0 Å². The van der Waals surface area contributed by atoms with E-state index in [2.05, 4.69) is 50.4 Å². The summed E-state index contributed by atoms with van der Waals surface area (Å²) in [5.74, 6) is 1.94. The lowest BCUT2D eigenvalue weighted by atomic mass is 9.78. The molecule has 1 aliphatic heterocycles. The Morgan fingerprint density at radius 2 is 1.96 bits per heavy atom. The number of nitrogens with zero attached hydrogens (tertiary/aromatic N) is 2. The summed E-state index contributed by atoms with van der Waals surface area (Å²) >= 11 is 0. The van der Waals surface area contributed by atoms with Gasteiger partial charge in [-0.3, -0.25) is 5.43 Å². The summed E-state index contributed by atoms with van der Waals surface area (Å²) in [5.41, 5.74) is 20.7. The van der Waals surface area contributed by atoms with Crippen LogP contribution in [0.1, 0.15) is 36.1 Å². The smallest absolute Gasteiger partial charge is 0.222 e. The van der Waals surface area contributed by atoms with Crippen LogP contribution < -0.4 is 27.6 Å². The molecule has 132 valence electrons. The van der Waals surface area contributed by atoms with Crippen LogP contribution in [-0.4, -0.2) is 29.1 Å². The molecule has 25 heavy (non-hydrogen) atoms. The van der Waals surface area contributed by atoms with E-state index in [1.807, 2.05) is 12.1 Å². The van der Waals surface area contributed by atoms with Gasteiger partial charge < -0.3 is 16.8 Å². The second-order valence-corrected chi connectivity index (χ2v) is 7.02. The number of nitrogens with one attached hydrogen (secondary N) is 3. The highest BCUT2D eigenvalue weighted by Gasteiger charge is 2.30. The van der Waals surface area contributed by atoms with Crippen molar-refractivity contribution >= 4 is 11.8 Å². The highest BCUT2D eigenvalue weighted by molar-refractivity contribution is 5.42. The lowest BCUT2D eigenvalue weighted by molar-refractivity contribution is 0.345. The first kappa shape index (κ1) is 16.3. The second kappa shape index (κ2) is 6.95. The molecule has 1 aromatic heterocycles. The summed E-state index contributed by atoms with van der Waals surface area (Å²) in [6.45, 7) is 1.71. The van der Waals surface area contributed by atoms with E-state index in [0.717, 1.165) is 37.4 Å². The van der Waals surface area contributed by atoms with Gasteiger partial charge in [-0.1, -0.05) is 30.3 Å². The molecule has 0 spiro atoms. The van der Waals surface area contributed by atoms with Crippen molar-refractivity contribution in [2.75, 3.05) is 24.1 Å². The fourth-order valence-corrected chi connectivity index (χ4v) is 3.67. The fourth-order valence-electron chi connectivity index (χ4n) is 3.67. The summed E-state index contributed by atoms with van der Waals surface area (Å²) in [7, 11) is 0. The SMILES string of the molecule is Nc1nc(NCC2CNNC2c2ccccc2)cc(C2CC(N)C2)n1. The first-order valence-electron chi connectivity index (χ1n) is 8.86. The van der Waals surface area contributed by atoms with Gasteiger partial charge in [-0.25, -0.2) is 10.4 Å². The summed E-state index contributed by atoms with van der Waals surface area (Å²) in [5, 5.41) is 3.44. The van der Waals surface area contributed by atoms with Gasteiger partial charge in [0.1, 0.15) is 5.82 Å². The number of hydrazine groups is 1. The Morgan fingerprint density at radius 3 is 2.72 bits per heavy atom. The number of hydrogen-bond acceptors (Lipinski definition) is 7. The molecular weight excluding hydrogens is 314 g/mol. The second-order valence-electron chi connectivity index (χ2n) is 7.02. The molecule has 0 amide bonds. The zero-order valence-corrected chi connectivity index (χ0v) is 14.2. The molecule has 2 unspecified atom stereocenters. The van der Waals surface area contributed by atoms with Gasteiger partial charge in [0.2, 0.25) is 5.95 Å². The molecule has 1 saturated carbocycles. The van der Waals surface area contributed by atoms with Crippen LogP contribution in [0.5, 0.6) is 0 Å². The van der Waals surface area contributed by atoms with Gasteiger partial charge in [0, 0.05) is 37.0 Å². The molecule has 7 N–H and O–H groups in total. The Bertz CT molecular complexity index is 715. The van der Waals surface area contributed by atoms with E-state index in [9.17, 15) is 0 Å². The van der Waals surface area contributed by atoms with Crippen molar-refractivity contribution < 1.29 is 0 Å². The van der Waals surface area contributed by atoms with E-state index in [1.54, 1.807) is 0 Å². The van der Waals surface area contributed by atoms with Gasteiger partial charge in [-0.15, -0.1) is 0 Å². The van der Waals surface area contributed by atoms with Crippen molar-refractivity contribution in [2.24, 2.45) is 11.7 Å². The summed E-state index contributed by atoms with van der Waals surface area (Å²) in [4.78, 5) is 8.71. The highest BCUT2D eigenvalue weighted by atomic mass is 15.4. The third-order valence-corrected chi connectivity index (χ3v) is 5.15. The molecule has 4 rings (SSSR count). The topological polar surface area (TPSA) is 114 Å². The molecule has 2 fully saturated rings. The predicted octanol–water partition coefficient (Wildman–Crippen LogP) is 1.14. The van der Waals surface area contributed by atoms with E-state index in [0.29, 0.717) is 23.8 Å². The quantitative estimate of drug-likeness (QED) is 0.555.